The van der Waals surface area contributed by atoms with E-state index in [0.717, 1.165) is 12.1 Å². The Morgan fingerprint density at radius 2 is 1.42 bits per heavy atom. The van der Waals surface area contributed by atoms with E-state index in [4.69, 9.17) is 33.0 Å². The van der Waals surface area contributed by atoms with Gasteiger partial charge in [0.2, 0.25) is 0 Å². The maximum atomic E-state index is 12.5. The zero-order valence-corrected chi connectivity index (χ0v) is 11.3. The number of hydrogen-bond acceptors (Lipinski definition) is 2. The molecule has 0 unspecified atom stereocenters. The molecule has 0 spiro atoms. The summed E-state index contributed by atoms with van der Waals surface area (Å²) < 4.78 is 29.4. The van der Waals surface area contributed by atoms with Crippen LogP contribution in [-0.4, -0.2) is 12.2 Å². The van der Waals surface area contributed by atoms with Gasteiger partial charge in [-0.1, -0.05) is 23.2 Å². The van der Waals surface area contributed by atoms with Crippen molar-refractivity contribution in [3.8, 4) is 11.5 Å². The van der Waals surface area contributed by atoms with Crippen LogP contribution in [0.2, 0.25) is 10.0 Å². The number of halogens is 4. The van der Waals surface area contributed by atoms with Crippen molar-refractivity contribution in [2.75, 3.05) is 7.11 Å². The van der Waals surface area contributed by atoms with Gasteiger partial charge in [-0.15, -0.1) is 0 Å². The number of phenolic OH excluding ortho intramolecular Hbond substituents is 1. The van der Waals surface area contributed by atoms with Crippen LogP contribution in [0.1, 0.15) is 0 Å². The van der Waals surface area contributed by atoms with E-state index in [1.807, 2.05) is 0 Å². The minimum atomic E-state index is -0.528. The minimum Gasteiger partial charge on any atom is -0.508 e. The number of phenols is 1. The van der Waals surface area contributed by atoms with Crippen LogP contribution in [0.3, 0.4) is 0 Å². The molecule has 0 aliphatic heterocycles. The molecule has 0 aliphatic carbocycles. The molecule has 102 valence electrons. The number of ether oxygens (including phenoxy) is 1. The van der Waals surface area contributed by atoms with Gasteiger partial charge in [-0.25, -0.2) is 8.78 Å². The highest BCUT2D eigenvalue weighted by Crippen LogP contribution is 2.19. The van der Waals surface area contributed by atoms with Gasteiger partial charge in [0.15, 0.2) is 0 Å². The molecule has 0 bridgehead atoms. The monoisotopic (exact) mass is 306 g/mol. The molecule has 0 heterocycles. The molecular formula is C13H10Cl2F2O2. The largest absolute Gasteiger partial charge is 0.508 e. The Morgan fingerprint density at radius 3 is 1.84 bits per heavy atom. The molecule has 2 rings (SSSR count). The predicted molar refractivity (Wildman–Crippen MR) is 71.0 cm³/mol. The molecule has 6 heteroatoms. The molecule has 0 fully saturated rings. The van der Waals surface area contributed by atoms with Crippen molar-refractivity contribution in [3.63, 3.8) is 0 Å². The van der Waals surface area contributed by atoms with Gasteiger partial charge in [0, 0.05) is 22.2 Å². The zero-order chi connectivity index (χ0) is 14.4. The summed E-state index contributed by atoms with van der Waals surface area (Å²) in [5, 5.41) is 9.22. The number of benzene rings is 2. The lowest BCUT2D eigenvalue weighted by Gasteiger charge is -1.98. The Kier molecular flexibility index (Phi) is 5.86. The average Bonchev–Trinajstić information content (AvgIpc) is 2.26. The van der Waals surface area contributed by atoms with Crippen molar-refractivity contribution >= 4 is 23.2 Å². The fraction of sp³-hybridized carbons (Fsp3) is 0.0769. The van der Waals surface area contributed by atoms with Crippen LogP contribution in [-0.2, 0) is 0 Å². The maximum absolute atomic E-state index is 12.5. The Hall–Kier alpha value is -1.52. The third-order valence-electron chi connectivity index (χ3n) is 1.92. The SMILES string of the molecule is COc1cc(F)cc(Cl)c1.Oc1cc(F)cc(Cl)c1. The first-order valence-electron chi connectivity index (χ1n) is 5.06. The summed E-state index contributed by atoms with van der Waals surface area (Å²) in [5.74, 6) is -0.630. The lowest BCUT2D eigenvalue weighted by molar-refractivity contribution is 0.411. The van der Waals surface area contributed by atoms with E-state index < -0.39 is 5.82 Å². The second-order valence-electron chi connectivity index (χ2n) is 3.44. The fourth-order valence-electron chi connectivity index (χ4n) is 1.19. The van der Waals surface area contributed by atoms with Crippen LogP contribution in [0.4, 0.5) is 8.78 Å². The van der Waals surface area contributed by atoms with Crippen molar-refractivity contribution in [1.29, 1.82) is 0 Å². The predicted octanol–water partition coefficient (Wildman–Crippen LogP) is 4.67. The Balaban J connectivity index is 0.000000191. The van der Waals surface area contributed by atoms with Crippen LogP contribution >= 0.6 is 23.2 Å². The van der Waals surface area contributed by atoms with Gasteiger partial charge in [-0.2, -0.15) is 0 Å². The minimum absolute atomic E-state index is 0.153. The first kappa shape index (κ1) is 15.5. The second-order valence-corrected chi connectivity index (χ2v) is 4.31. The fourth-order valence-corrected chi connectivity index (χ4v) is 1.61. The third kappa shape index (κ3) is 5.77. The van der Waals surface area contributed by atoms with E-state index in [0.29, 0.717) is 10.8 Å². The van der Waals surface area contributed by atoms with Crippen LogP contribution in [0.5, 0.6) is 11.5 Å². The van der Waals surface area contributed by atoms with Gasteiger partial charge >= 0.3 is 0 Å². The van der Waals surface area contributed by atoms with E-state index in [9.17, 15) is 8.78 Å². The third-order valence-corrected chi connectivity index (χ3v) is 2.36. The van der Waals surface area contributed by atoms with Crippen LogP contribution < -0.4 is 4.74 Å². The molecule has 0 radical (unpaired) electrons. The number of rotatable bonds is 1. The molecule has 1 N–H and O–H groups in total. The summed E-state index contributed by atoms with van der Waals surface area (Å²) in [5.41, 5.74) is 0. The molecule has 2 nitrogen and oxygen atoms in total. The molecule has 0 saturated carbocycles. The quantitative estimate of drug-likeness (QED) is 0.829. The molecule has 0 atom stereocenters. The summed E-state index contributed by atoms with van der Waals surface area (Å²) in [6.45, 7) is 0. The zero-order valence-electron chi connectivity index (χ0n) is 9.83. The van der Waals surface area contributed by atoms with E-state index in [1.54, 1.807) is 6.07 Å². The van der Waals surface area contributed by atoms with Crippen molar-refractivity contribution in [2.24, 2.45) is 0 Å². The normalized spacial score (nSPS) is 9.53. The molecule has 0 amide bonds. The topological polar surface area (TPSA) is 29.5 Å². The second kappa shape index (κ2) is 7.16. The van der Waals surface area contributed by atoms with Crippen molar-refractivity contribution in [2.45, 2.75) is 0 Å². The van der Waals surface area contributed by atoms with Gasteiger partial charge in [0.05, 0.1) is 7.11 Å². The molecule has 0 saturated heterocycles. The van der Waals surface area contributed by atoms with Gasteiger partial charge in [0.1, 0.15) is 23.1 Å². The van der Waals surface area contributed by atoms with Gasteiger partial charge in [0.25, 0.3) is 0 Å². The van der Waals surface area contributed by atoms with E-state index in [-0.39, 0.29) is 16.6 Å². The van der Waals surface area contributed by atoms with Crippen LogP contribution in [0.25, 0.3) is 0 Å². The van der Waals surface area contributed by atoms with Crippen molar-refractivity contribution in [3.05, 3.63) is 58.1 Å². The average molecular weight is 307 g/mol. The number of methoxy groups -OCH3 is 1. The highest BCUT2D eigenvalue weighted by atomic mass is 35.5. The van der Waals surface area contributed by atoms with Crippen molar-refractivity contribution < 1.29 is 18.6 Å². The molecule has 0 aliphatic rings. The highest BCUT2D eigenvalue weighted by Gasteiger charge is 1.97. The first-order chi connectivity index (χ1) is 8.90. The van der Waals surface area contributed by atoms with Gasteiger partial charge < -0.3 is 9.84 Å². The van der Waals surface area contributed by atoms with Crippen LogP contribution in [0.15, 0.2) is 36.4 Å². The smallest absolute Gasteiger partial charge is 0.128 e. The first-order valence-corrected chi connectivity index (χ1v) is 5.81. The van der Waals surface area contributed by atoms with E-state index >= 15 is 0 Å². The van der Waals surface area contributed by atoms with Crippen molar-refractivity contribution in [1.82, 2.24) is 0 Å². The number of hydrogen-bond donors (Lipinski definition) is 1. The van der Waals surface area contributed by atoms with Gasteiger partial charge in [-0.05, 0) is 24.3 Å². The Labute approximate surface area is 119 Å². The molecule has 0 aromatic heterocycles. The lowest BCUT2D eigenvalue weighted by Crippen LogP contribution is -1.83. The summed E-state index contributed by atoms with van der Waals surface area (Å²) in [6.07, 6.45) is 0. The molecular weight excluding hydrogens is 297 g/mol. The number of aromatic hydroxyl groups is 1. The summed E-state index contributed by atoms with van der Waals surface area (Å²) in [4.78, 5) is 0. The molecule has 2 aromatic rings. The summed E-state index contributed by atoms with van der Waals surface area (Å²) in [7, 11) is 1.46. The molecule has 19 heavy (non-hydrogen) atoms. The molecule has 2 aromatic carbocycles. The highest BCUT2D eigenvalue weighted by molar-refractivity contribution is 6.31. The van der Waals surface area contributed by atoms with Crippen LogP contribution in [0, 0.1) is 11.6 Å². The summed E-state index contributed by atoms with van der Waals surface area (Å²) >= 11 is 10.9. The van der Waals surface area contributed by atoms with E-state index in [1.165, 1.54) is 25.3 Å². The Morgan fingerprint density at radius 1 is 0.895 bits per heavy atom. The van der Waals surface area contributed by atoms with Gasteiger partial charge in [-0.3, -0.25) is 0 Å². The standard InChI is InChI=1S/C7H6ClFO.C6H4ClFO/c1-10-7-3-5(8)2-6(9)4-7;7-4-1-5(8)3-6(9)2-4/h2-4H,1H3;1-3,9H. The summed E-state index contributed by atoms with van der Waals surface area (Å²) in [6, 6.07) is 7.43. The van der Waals surface area contributed by atoms with E-state index in [2.05, 4.69) is 0 Å². The Bertz CT molecular complexity index is 492. The lowest BCUT2D eigenvalue weighted by atomic mass is 10.3. The maximum Gasteiger partial charge on any atom is 0.128 e.